The van der Waals surface area contributed by atoms with E-state index in [1.165, 1.54) is 5.56 Å². The lowest BCUT2D eigenvalue weighted by Crippen LogP contribution is -2.45. The number of likely N-dealkylation sites (tertiary alicyclic amines) is 1. The fraction of sp³-hybridized carbons (Fsp3) is 0.421. The molecule has 1 unspecified atom stereocenters. The highest BCUT2D eigenvalue weighted by Gasteiger charge is 2.25. The van der Waals surface area contributed by atoms with Crippen LogP contribution in [0.4, 0.5) is 0 Å². The number of nitrogens with zero attached hydrogens (tertiary/aromatic N) is 3. The first-order chi connectivity index (χ1) is 12.2. The van der Waals surface area contributed by atoms with Crippen LogP contribution in [0.15, 0.2) is 42.6 Å². The minimum absolute atomic E-state index is 0.00567. The van der Waals surface area contributed by atoms with E-state index in [4.69, 9.17) is 4.74 Å². The summed E-state index contributed by atoms with van der Waals surface area (Å²) in [6, 6.07) is 12.0. The van der Waals surface area contributed by atoms with Gasteiger partial charge >= 0.3 is 0 Å². The van der Waals surface area contributed by atoms with Crippen molar-refractivity contribution in [3.8, 4) is 5.88 Å². The summed E-state index contributed by atoms with van der Waals surface area (Å²) in [5.41, 5.74) is 1.25. The summed E-state index contributed by atoms with van der Waals surface area (Å²) in [6.07, 6.45) is 3.61. The maximum absolute atomic E-state index is 12.5. The molecule has 0 spiro atoms. The molecule has 0 N–H and O–H groups in total. The number of carbonyl (C=O) groups is 1. The second kappa shape index (κ2) is 8.85. The molecule has 1 atom stereocenters. The summed E-state index contributed by atoms with van der Waals surface area (Å²) in [4.78, 5) is 22.7. The van der Waals surface area contributed by atoms with Crippen LogP contribution in [0.2, 0.25) is 0 Å². The van der Waals surface area contributed by atoms with E-state index in [1.807, 2.05) is 30.0 Å². The molecule has 1 aliphatic rings. The first kappa shape index (κ1) is 17.7. The Morgan fingerprint density at radius 3 is 2.96 bits per heavy atom. The van der Waals surface area contributed by atoms with Gasteiger partial charge in [0.25, 0.3) is 0 Å². The molecule has 0 bridgehead atoms. The fourth-order valence-electron chi connectivity index (χ4n) is 2.85. The maximum Gasteiger partial charge on any atom is 0.232 e. The number of piperidine rings is 1. The van der Waals surface area contributed by atoms with Crippen LogP contribution in [-0.2, 0) is 10.5 Å². The van der Waals surface area contributed by atoms with Crippen molar-refractivity contribution in [2.75, 3.05) is 18.8 Å². The molecule has 1 amide bonds. The van der Waals surface area contributed by atoms with Gasteiger partial charge < -0.3 is 9.64 Å². The van der Waals surface area contributed by atoms with Crippen LogP contribution in [0, 0.1) is 6.92 Å². The molecule has 3 rings (SSSR count). The van der Waals surface area contributed by atoms with Crippen molar-refractivity contribution in [3.05, 3.63) is 54.0 Å². The topological polar surface area (TPSA) is 55.3 Å². The van der Waals surface area contributed by atoms with Crippen molar-refractivity contribution in [3.63, 3.8) is 0 Å². The first-order valence-electron chi connectivity index (χ1n) is 8.56. The number of rotatable bonds is 6. The van der Waals surface area contributed by atoms with Crippen LogP contribution in [0.5, 0.6) is 5.88 Å². The van der Waals surface area contributed by atoms with E-state index in [-0.39, 0.29) is 12.0 Å². The predicted octanol–water partition coefficient (Wildman–Crippen LogP) is 3.09. The Labute approximate surface area is 152 Å². The predicted molar refractivity (Wildman–Crippen MR) is 99.6 cm³/mol. The SMILES string of the molecule is Cc1nccc(OC2CCCN(C(=O)CSCc3ccccc3)C2)n1. The van der Waals surface area contributed by atoms with E-state index in [0.29, 0.717) is 24.0 Å². The number of hydrogen-bond donors (Lipinski definition) is 0. The molecular weight excluding hydrogens is 334 g/mol. The monoisotopic (exact) mass is 357 g/mol. The van der Waals surface area contributed by atoms with E-state index in [1.54, 1.807) is 24.0 Å². The van der Waals surface area contributed by atoms with Crippen molar-refractivity contribution in [1.82, 2.24) is 14.9 Å². The Morgan fingerprint density at radius 1 is 1.32 bits per heavy atom. The van der Waals surface area contributed by atoms with Gasteiger partial charge in [-0.25, -0.2) is 4.98 Å². The molecule has 1 aromatic heterocycles. The smallest absolute Gasteiger partial charge is 0.232 e. The first-order valence-corrected chi connectivity index (χ1v) is 9.72. The van der Waals surface area contributed by atoms with Crippen molar-refractivity contribution >= 4 is 17.7 Å². The van der Waals surface area contributed by atoms with Gasteiger partial charge in [0.2, 0.25) is 11.8 Å². The van der Waals surface area contributed by atoms with Gasteiger partial charge in [-0.05, 0) is 25.3 Å². The van der Waals surface area contributed by atoms with Crippen LogP contribution in [0.3, 0.4) is 0 Å². The van der Waals surface area contributed by atoms with Crippen molar-refractivity contribution in [2.24, 2.45) is 0 Å². The van der Waals surface area contributed by atoms with Crippen LogP contribution in [0.1, 0.15) is 24.2 Å². The summed E-state index contributed by atoms with van der Waals surface area (Å²) >= 11 is 1.66. The van der Waals surface area contributed by atoms with Gasteiger partial charge in [0.1, 0.15) is 11.9 Å². The van der Waals surface area contributed by atoms with E-state index in [2.05, 4.69) is 22.1 Å². The van der Waals surface area contributed by atoms with Gasteiger partial charge in [-0.2, -0.15) is 4.98 Å². The third kappa shape index (κ3) is 5.46. The average molecular weight is 357 g/mol. The van der Waals surface area contributed by atoms with Gasteiger partial charge in [0.15, 0.2) is 0 Å². The Bertz CT molecular complexity index is 696. The zero-order valence-corrected chi connectivity index (χ0v) is 15.2. The fourth-order valence-corrected chi connectivity index (χ4v) is 3.74. The zero-order chi connectivity index (χ0) is 17.5. The normalized spacial score (nSPS) is 17.3. The Hall–Kier alpha value is -2.08. The molecule has 0 saturated carbocycles. The Kier molecular flexibility index (Phi) is 6.28. The molecule has 1 saturated heterocycles. The molecule has 132 valence electrons. The molecule has 0 radical (unpaired) electrons. The molecule has 1 aliphatic heterocycles. The molecule has 0 aliphatic carbocycles. The number of benzene rings is 1. The van der Waals surface area contributed by atoms with Gasteiger partial charge in [-0.3, -0.25) is 4.79 Å². The van der Waals surface area contributed by atoms with Crippen LogP contribution < -0.4 is 4.74 Å². The highest BCUT2D eigenvalue weighted by molar-refractivity contribution is 7.99. The molecule has 25 heavy (non-hydrogen) atoms. The summed E-state index contributed by atoms with van der Waals surface area (Å²) < 4.78 is 5.94. The van der Waals surface area contributed by atoms with Gasteiger partial charge in [-0.1, -0.05) is 30.3 Å². The lowest BCUT2D eigenvalue weighted by Gasteiger charge is -2.32. The largest absolute Gasteiger partial charge is 0.472 e. The van der Waals surface area contributed by atoms with Crippen molar-refractivity contribution < 1.29 is 9.53 Å². The Morgan fingerprint density at radius 2 is 2.16 bits per heavy atom. The summed E-state index contributed by atoms with van der Waals surface area (Å²) in [5.74, 6) is 2.84. The molecule has 1 fully saturated rings. The lowest BCUT2D eigenvalue weighted by atomic mass is 10.1. The third-order valence-corrected chi connectivity index (χ3v) is 5.09. The minimum Gasteiger partial charge on any atom is -0.472 e. The Balaban J connectivity index is 1.46. The molecule has 5 nitrogen and oxygen atoms in total. The summed E-state index contributed by atoms with van der Waals surface area (Å²) in [6.45, 7) is 3.29. The molecule has 6 heteroatoms. The average Bonchev–Trinajstić information content (AvgIpc) is 2.63. The number of hydrogen-bond acceptors (Lipinski definition) is 5. The van der Waals surface area contributed by atoms with E-state index in [0.717, 1.165) is 25.1 Å². The second-order valence-electron chi connectivity index (χ2n) is 6.14. The number of ether oxygens (including phenoxy) is 1. The highest BCUT2D eigenvalue weighted by atomic mass is 32.2. The van der Waals surface area contributed by atoms with Crippen LogP contribution in [-0.4, -0.2) is 45.7 Å². The second-order valence-corrected chi connectivity index (χ2v) is 7.13. The molecule has 1 aromatic carbocycles. The van der Waals surface area contributed by atoms with Gasteiger partial charge in [-0.15, -0.1) is 11.8 Å². The van der Waals surface area contributed by atoms with Crippen molar-refractivity contribution in [2.45, 2.75) is 31.6 Å². The summed E-state index contributed by atoms with van der Waals surface area (Å²) in [7, 11) is 0. The lowest BCUT2D eigenvalue weighted by molar-refractivity contribution is -0.130. The van der Waals surface area contributed by atoms with Crippen molar-refractivity contribution in [1.29, 1.82) is 0 Å². The highest BCUT2D eigenvalue weighted by Crippen LogP contribution is 2.18. The van der Waals surface area contributed by atoms with Crippen LogP contribution >= 0.6 is 11.8 Å². The molecular formula is C19H23N3O2S. The standard InChI is InChI=1S/C19H23N3O2S/c1-15-20-10-9-18(21-15)24-17-8-5-11-22(12-17)19(23)14-25-13-16-6-3-2-4-7-16/h2-4,6-7,9-10,17H,5,8,11-14H2,1H3. The van der Waals surface area contributed by atoms with E-state index < -0.39 is 0 Å². The number of carbonyl (C=O) groups excluding carboxylic acids is 1. The minimum atomic E-state index is 0.00567. The number of aromatic nitrogens is 2. The maximum atomic E-state index is 12.5. The zero-order valence-electron chi connectivity index (χ0n) is 14.4. The van der Waals surface area contributed by atoms with Crippen LogP contribution in [0.25, 0.3) is 0 Å². The van der Waals surface area contributed by atoms with E-state index >= 15 is 0 Å². The molecule has 2 aromatic rings. The number of aryl methyl sites for hydroxylation is 1. The van der Waals surface area contributed by atoms with E-state index in [9.17, 15) is 4.79 Å². The molecule has 2 heterocycles. The number of amides is 1. The number of thioether (sulfide) groups is 1. The summed E-state index contributed by atoms with van der Waals surface area (Å²) in [5, 5.41) is 0. The van der Waals surface area contributed by atoms with Gasteiger partial charge in [0.05, 0.1) is 12.3 Å². The quantitative estimate of drug-likeness (QED) is 0.795. The third-order valence-electron chi connectivity index (χ3n) is 4.11. The van der Waals surface area contributed by atoms with Gasteiger partial charge in [0, 0.05) is 24.6 Å².